The third-order valence-corrected chi connectivity index (χ3v) is 5.56. The Balaban J connectivity index is 0.00000476. The molecule has 0 spiro atoms. The molecule has 0 aliphatic heterocycles. The van der Waals surface area contributed by atoms with Crippen LogP contribution in [-0.4, -0.2) is 117 Å². The molecule has 1 aromatic rings. The van der Waals surface area contributed by atoms with E-state index in [1.165, 1.54) is 12.1 Å². The predicted molar refractivity (Wildman–Crippen MR) is 159 cm³/mol. The number of hydrogen-bond donors (Lipinski definition) is 12. The number of nitrogens with zero attached hydrogens (tertiary/aromatic N) is 1. The van der Waals surface area contributed by atoms with Crippen molar-refractivity contribution in [2.24, 2.45) is 22.2 Å². The van der Waals surface area contributed by atoms with Crippen LogP contribution in [0, 0.1) is 0 Å². The summed E-state index contributed by atoms with van der Waals surface area (Å²) in [6, 6.07) is 0.259. The van der Waals surface area contributed by atoms with E-state index >= 15 is 0 Å². The van der Waals surface area contributed by atoms with Crippen LogP contribution >= 0.6 is 0 Å². The zero-order valence-corrected chi connectivity index (χ0v) is 24.8. The van der Waals surface area contributed by atoms with Crippen molar-refractivity contribution in [3.05, 3.63) is 29.8 Å². The minimum absolute atomic E-state index is 0.0304. The number of aliphatic hydroxyl groups excluding tert-OH is 1. The lowest BCUT2D eigenvalue weighted by atomic mass is 10.0. The number of aromatic hydroxyl groups is 1. The largest absolute Gasteiger partial charge is 0.508 e. The topological polar surface area (TPSA) is 359 Å². The number of carboxylic acids is 3. The minimum Gasteiger partial charge on any atom is -0.508 e. The van der Waals surface area contributed by atoms with E-state index in [9.17, 15) is 33.9 Å². The van der Waals surface area contributed by atoms with Gasteiger partial charge in [-0.1, -0.05) is 12.1 Å². The summed E-state index contributed by atoms with van der Waals surface area (Å²) < 4.78 is 0. The number of phenols is 1. The highest BCUT2D eigenvalue weighted by Crippen LogP contribution is 2.11. The third-order valence-electron chi connectivity index (χ3n) is 5.56. The average Bonchev–Trinajstić information content (AvgIpc) is 2.95. The Morgan fingerprint density at radius 1 is 0.848 bits per heavy atom. The lowest BCUT2D eigenvalue weighted by Gasteiger charge is -2.22. The van der Waals surface area contributed by atoms with Crippen molar-refractivity contribution in [1.82, 2.24) is 21.3 Å². The molecule has 0 heterocycles. The van der Waals surface area contributed by atoms with Crippen LogP contribution in [0.25, 0.3) is 0 Å². The molecule has 0 bridgehead atoms. The normalized spacial score (nSPS) is 12.8. The first-order valence-electron chi connectivity index (χ1n) is 13.5. The first kappa shape index (κ1) is 40.5. The van der Waals surface area contributed by atoms with Gasteiger partial charge in [-0.3, -0.25) is 33.8 Å². The number of carbonyl (C=O) groups excluding carboxylic acids is 4. The van der Waals surface area contributed by atoms with Crippen LogP contribution in [0.2, 0.25) is 0 Å². The SMILES string of the molecule is CC(=O)O.NC(N)=NCCC[C@H](NC(=O)[C@@H](N)Cc1ccc(O)cc1)C(=O)NCC(=O)N[C@@H](CC(=O)O)C(=O)N[C@@H](CO)C(=O)O. The van der Waals surface area contributed by atoms with E-state index in [0.29, 0.717) is 5.56 Å². The smallest absolute Gasteiger partial charge is 0.328 e. The van der Waals surface area contributed by atoms with Crippen molar-refractivity contribution in [3.63, 3.8) is 0 Å². The second-order valence-electron chi connectivity index (χ2n) is 9.52. The highest BCUT2D eigenvalue weighted by molar-refractivity contribution is 5.95. The van der Waals surface area contributed by atoms with Crippen LogP contribution in [0.4, 0.5) is 0 Å². The molecule has 15 N–H and O–H groups in total. The third kappa shape index (κ3) is 18.2. The number of nitrogens with two attached hydrogens (primary N) is 3. The molecule has 0 radical (unpaired) electrons. The molecular formula is C26H40N8O12. The number of guanidine groups is 1. The second-order valence-corrected chi connectivity index (χ2v) is 9.52. The van der Waals surface area contributed by atoms with Gasteiger partial charge in [0.15, 0.2) is 5.96 Å². The van der Waals surface area contributed by atoms with Crippen LogP contribution in [0.1, 0.15) is 31.7 Å². The van der Waals surface area contributed by atoms with E-state index in [4.69, 9.17) is 42.4 Å². The number of nitrogens with one attached hydrogen (secondary N) is 4. The van der Waals surface area contributed by atoms with Gasteiger partial charge in [-0.25, -0.2) is 4.79 Å². The quantitative estimate of drug-likeness (QED) is 0.0402. The summed E-state index contributed by atoms with van der Waals surface area (Å²) in [6.45, 7) is -0.524. The Hall–Kier alpha value is -5.50. The number of phenolic OH excluding ortho intramolecular Hbond substituents is 1. The maximum absolute atomic E-state index is 12.9. The number of aliphatic imine (C=N–C) groups is 1. The number of carboxylic acid groups (broad SMARTS) is 3. The monoisotopic (exact) mass is 656 g/mol. The Labute approximate surface area is 262 Å². The Kier molecular flexibility index (Phi) is 18.7. The number of carbonyl (C=O) groups is 7. The van der Waals surface area contributed by atoms with Crippen molar-refractivity contribution in [3.8, 4) is 5.75 Å². The second kappa shape index (κ2) is 21.2. The number of benzene rings is 1. The predicted octanol–water partition coefficient (Wildman–Crippen LogP) is -4.47. The zero-order chi connectivity index (χ0) is 35.4. The van der Waals surface area contributed by atoms with E-state index in [1.54, 1.807) is 12.1 Å². The molecule has 0 aliphatic carbocycles. The highest BCUT2D eigenvalue weighted by Gasteiger charge is 2.29. The fourth-order valence-corrected chi connectivity index (χ4v) is 3.41. The molecule has 0 aliphatic rings. The number of amides is 4. The minimum atomic E-state index is -1.74. The van der Waals surface area contributed by atoms with Crippen LogP contribution in [0.5, 0.6) is 5.75 Å². The lowest BCUT2D eigenvalue weighted by Crippen LogP contribution is -2.56. The molecular weight excluding hydrogens is 616 g/mol. The highest BCUT2D eigenvalue weighted by atomic mass is 16.4. The van der Waals surface area contributed by atoms with E-state index in [-0.39, 0.29) is 37.5 Å². The van der Waals surface area contributed by atoms with Gasteiger partial charge in [0.1, 0.15) is 23.9 Å². The summed E-state index contributed by atoms with van der Waals surface area (Å²) in [5.74, 6) is -7.77. The van der Waals surface area contributed by atoms with Gasteiger partial charge in [-0.05, 0) is 37.0 Å². The lowest BCUT2D eigenvalue weighted by molar-refractivity contribution is -0.144. The van der Waals surface area contributed by atoms with Crippen LogP contribution in [0.15, 0.2) is 29.3 Å². The van der Waals surface area contributed by atoms with Crippen molar-refractivity contribution < 1.29 is 59.1 Å². The summed E-state index contributed by atoms with van der Waals surface area (Å²) in [7, 11) is 0. The van der Waals surface area contributed by atoms with Gasteiger partial charge in [0.25, 0.3) is 5.97 Å². The van der Waals surface area contributed by atoms with E-state index < -0.39 is 85.3 Å². The number of aliphatic carboxylic acids is 3. The van der Waals surface area contributed by atoms with Gasteiger partial charge in [0.05, 0.1) is 25.6 Å². The molecule has 256 valence electrons. The fourth-order valence-electron chi connectivity index (χ4n) is 3.41. The summed E-state index contributed by atoms with van der Waals surface area (Å²) in [5.41, 5.74) is 17.2. The summed E-state index contributed by atoms with van der Waals surface area (Å²) in [4.78, 5) is 85.3. The van der Waals surface area contributed by atoms with Gasteiger partial charge in [-0.15, -0.1) is 0 Å². The molecule has 20 heteroatoms. The van der Waals surface area contributed by atoms with Crippen LogP contribution in [0.3, 0.4) is 0 Å². The van der Waals surface area contributed by atoms with Gasteiger partial charge in [0, 0.05) is 13.5 Å². The molecule has 46 heavy (non-hydrogen) atoms. The van der Waals surface area contributed by atoms with E-state index in [2.05, 4.69) is 20.9 Å². The summed E-state index contributed by atoms with van der Waals surface area (Å²) in [5, 5.41) is 52.6. The van der Waals surface area contributed by atoms with E-state index in [1.807, 2.05) is 5.32 Å². The molecule has 0 fully saturated rings. The van der Waals surface area contributed by atoms with Crippen LogP contribution in [-0.2, 0) is 40.0 Å². The first-order valence-corrected chi connectivity index (χ1v) is 13.5. The number of hydrogen-bond acceptors (Lipinski definition) is 11. The Bertz CT molecular complexity index is 1230. The maximum atomic E-state index is 12.9. The number of rotatable bonds is 18. The van der Waals surface area contributed by atoms with Crippen LogP contribution < -0.4 is 38.5 Å². The van der Waals surface area contributed by atoms with Gasteiger partial charge >= 0.3 is 11.9 Å². The molecule has 20 nitrogen and oxygen atoms in total. The van der Waals surface area contributed by atoms with Gasteiger partial charge < -0.3 is 64.0 Å². The maximum Gasteiger partial charge on any atom is 0.328 e. The Morgan fingerprint density at radius 3 is 1.91 bits per heavy atom. The molecule has 1 aromatic carbocycles. The van der Waals surface area contributed by atoms with Gasteiger partial charge in [-0.2, -0.15) is 0 Å². The number of aliphatic hydroxyl groups is 1. The Morgan fingerprint density at radius 2 is 1.41 bits per heavy atom. The van der Waals surface area contributed by atoms with Crippen molar-refractivity contribution >= 4 is 47.5 Å². The molecule has 0 unspecified atom stereocenters. The zero-order valence-electron chi connectivity index (χ0n) is 24.8. The van der Waals surface area contributed by atoms with E-state index in [0.717, 1.165) is 6.92 Å². The average molecular weight is 657 g/mol. The molecule has 4 amide bonds. The van der Waals surface area contributed by atoms with Crippen molar-refractivity contribution in [2.45, 2.75) is 56.8 Å². The fraction of sp³-hybridized carbons (Fsp3) is 0.462. The molecule has 0 saturated heterocycles. The molecule has 0 saturated carbocycles. The van der Waals surface area contributed by atoms with Crippen molar-refractivity contribution in [1.29, 1.82) is 0 Å². The molecule has 1 rings (SSSR count). The molecule has 0 aromatic heterocycles. The first-order chi connectivity index (χ1) is 21.5. The standard InChI is InChI=1S/C24H36N8O10.C2H4O2/c25-14(8-12-3-5-13(34)6-4-12)20(38)31-15(2-1-7-28-24(26)27)21(39)29-10-18(35)30-16(9-19(36)37)22(40)32-17(11-33)23(41)42;1-2(3)4/h3-6,14-17,33-34H,1-2,7-11,25H2,(H,29,39)(H,30,35)(H,31,38)(H,32,40)(H,36,37)(H,41,42)(H4,26,27,28);1H3,(H,3,4)/t14-,15-,16-,17-;/m0./s1. The molecule has 4 atom stereocenters. The van der Waals surface area contributed by atoms with Gasteiger partial charge in [0.2, 0.25) is 23.6 Å². The summed E-state index contributed by atoms with van der Waals surface area (Å²) in [6.07, 6.45) is -0.565. The van der Waals surface area contributed by atoms with Crippen molar-refractivity contribution in [2.75, 3.05) is 19.7 Å². The summed E-state index contributed by atoms with van der Waals surface area (Å²) >= 11 is 0.